The molecule has 0 unspecified atom stereocenters. The van der Waals surface area contributed by atoms with Crippen LogP contribution in [-0.2, 0) is 12.7 Å². The lowest BCUT2D eigenvalue weighted by molar-refractivity contribution is -0.138. The summed E-state index contributed by atoms with van der Waals surface area (Å²) in [7, 11) is 0. The lowest BCUT2D eigenvalue weighted by Gasteiger charge is -2.23. The zero-order chi connectivity index (χ0) is 20.1. The molecule has 0 atom stereocenters. The Labute approximate surface area is 173 Å². The summed E-state index contributed by atoms with van der Waals surface area (Å²) < 4.78 is 39.6. The molecule has 3 rings (SSSR count). The van der Waals surface area contributed by atoms with E-state index in [-0.39, 0.29) is 12.4 Å². The molecular formula is C20H20ClF3N4O. The van der Waals surface area contributed by atoms with Gasteiger partial charge in [0.25, 0.3) is 5.91 Å². The minimum absolute atomic E-state index is 0. The van der Waals surface area contributed by atoms with Crippen LogP contribution < -0.4 is 0 Å². The molecular weight excluding hydrogens is 405 g/mol. The number of alkyl halides is 3. The highest BCUT2D eigenvalue weighted by Crippen LogP contribution is 2.32. The van der Waals surface area contributed by atoms with Gasteiger partial charge in [-0.25, -0.2) is 0 Å². The van der Waals surface area contributed by atoms with Crippen LogP contribution in [-0.4, -0.2) is 46.9 Å². The fourth-order valence-corrected chi connectivity index (χ4v) is 3.31. The van der Waals surface area contributed by atoms with Crippen LogP contribution in [0.4, 0.5) is 13.2 Å². The summed E-state index contributed by atoms with van der Waals surface area (Å²) in [6.07, 6.45) is -1.91. The van der Waals surface area contributed by atoms with E-state index in [0.29, 0.717) is 38.2 Å². The smallest absolute Gasteiger partial charge is 0.337 e. The van der Waals surface area contributed by atoms with E-state index in [1.54, 1.807) is 6.07 Å². The van der Waals surface area contributed by atoms with Gasteiger partial charge in [-0.15, -0.1) is 12.4 Å². The number of rotatable bonds is 3. The number of carbonyl (C=O) groups excluding carboxylic acids is 1. The zero-order valence-corrected chi connectivity index (χ0v) is 16.3. The summed E-state index contributed by atoms with van der Waals surface area (Å²) in [4.78, 5) is 20.0. The molecule has 1 aromatic carbocycles. The average molecular weight is 425 g/mol. The van der Waals surface area contributed by atoms with Crippen LogP contribution in [0.3, 0.4) is 0 Å². The number of benzene rings is 1. The first-order valence-corrected chi connectivity index (χ1v) is 8.90. The number of hydrogen-bond acceptors (Lipinski definition) is 4. The highest BCUT2D eigenvalue weighted by molar-refractivity contribution is 5.95. The van der Waals surface area contributed by atoms with Crippen molar-refractivity contribution in [2.45, 2.75) is 19.1 Å². The van der Waals surface area contributed by atoms with Crippen LogP contribution in [0.15, 0.2) is 42.7 Å². The van der Waals surface area contributed by atoms with E-state index in [9.17, 15) is 18.0 Å². The van der Waals surface area contributed by atoms with Crippen molar-refractivity contribution < 1.29 is 18.0 Å². The zero-order valence-electron chi connectivity index (χ0n) is 15.5. The standard InChI is InChI=1S/C20H19F3N4O.ClH/c21-20(22,23)18-5-6-25-13-17(18)19(28)27-8-2-7-26(9-10-27)14-16-4-1-3-15(11-16)12-24;/h1,3-6,11,13H,2,7-10,14H2;1H. The summed E-state index contributed by atoms with van der Waals surface area (Å²) in [5, 5.41) is 9.00. The SMILES string of the molecule is Cl.N#Cc1cccc(CN2CCCN(C(=O)c3cnccc3C(F)(F)F)CC2)c1. The van der Waals surface area contributed by atoms with E-state index in [2.05, 4.69) is 16.0 Å². The Morgan fingerprint density at radius 1 is 1.17 bits per heavy atom. The van der Waals surface area contributed by atoms with Crippen molar-refractivity contribution in [1.29, 1.82) is 5.26 Å². The van der Waals surface area contributed by atoms with E-state index < -0.39 is 23.2 Å². The third-order valence-corrected chi connectivity index (χ3v) is 4.69. The number of nitriles is 1. The molecule has 2 aromatic rings. The summed E-state index contributed by atoms with van der Waals surface area (Å²) in [6.45, 7) is 2.62. The Morgan fingerprint density at radius 3 is 2.69 bits per heavy atom. The van der Waals surface area contributed by atoms with Crippen molar-refractivity contribution in [2.75, 3.05) is 26.2 Å². The maximum Gasteiger partial charge on any atom is 0.417 e. The molecule has 2 heterocycles. The Balaban J connectivity index is 0.00000300. The molecule has 5 nitrogen and oxygen atoms in total. The van der Waals surface area contributed by atoms with Gasteiger partial charge in [-0.05, 0) is 30.2 Å². The predicted molar refractivity (Wildman–Crippen MR) is 103 cm³/mol. The van der Waals surface area contributed by atoms with Gasteiger partial charge in [-0.2, -0.15) is 18.4 Å². The molecule has 0 aliphatic carbocycles. The molecule has 1 amide bonds. The number of carbonyl (C=O) groups is 1. The normalized spacial score (nSPS) is 15.2. The second kappa shape index (κ2) is 9.72. The van der Waals surface area contributed by atoms with E-state index >= 15 is 0 Å². The summed E-state index contributed by atoms with van der Waals surface area (Å²) in [6, 6.07) is 10.2. The van der Waals surface area contributed by atoms with Gasteiger partial charge in [-0.3, -0.25) is 14.7 Å². The van der Waals surface area contributed by atoms with Crippen LogP contribution >= 0.6 is 12.4 Å². The van der Waals surface area contributed by atoms with Crippen LogP contribution in [0.25, 0.3) is 0 Å². The highest BCUT2D eigenvalue weighted by Gasteiger charge is 2.36. The first-order valence-electron chi connectivity index (χ1n) is 8.90. The van der Waals surface area contributed by atoms with Gasteiger partial charge >= 0.3 is 6.18 Å². The molecule has 154 valence electrons. The van der Waals surface area contributed by atoms with Crippen molar-refractivity contribution in [3.05, 3.63) is 65.0 Å². The van der Waals surface area contributed by atoms with Gasteiger partial charge in [0.2, 0.25) is 0 Å². The Hall–Kier alpha value is -2.63. The molecule has 1 aromatic heterocycles. The lowest BCUT2D eigenvalue weighted by Crippen LogP contribution is -2.36. The molecule has 0 N–H and O–H groups in total. The maximum absolute atomic E-state index is 13.2. The maximum atomic E-state index is 13.2. The van der Waals surface area contributed by atoms with E-state index in [1.807, 2.05) is 18.2 Å². The molecule has 0 saturated carbocycles. The summed E-state index contributed by atoms with van der Waals surface area (Å²) in [5.74, 6) is -0.645. The van der Waals surface area contributed by atoms with Gasteiger partial charge < -0.3 is 4.90 Å². The number of halogens is 4. The molecule has 1 aliphatic rings. The van der Waals surface area contributed by atoms with Gasteiger partial charge in [0, 0.05) is 45.1 Å². The monoisotopic (exact) mass is 424 g/mol. The van der Waals surface area contributed by atoms with Crippen LogP contribution in [0, 0.1) is 11.3 Å². The first-order chi connectivity index (χ1) is 13.4. The van der Waals surface area contributed by atoms with E-state index in [4.69, 9.17) is 5.26 Å². The Bertz CT molecular complexity index is 898. The summed E-state index contributed by atoms with van der Waals surface area (Å²) in [5.41, 5.74) is 0.206. The summed E-state index contributed by atoms with van der Waals surface area (Å²) >= 11 is 0. The molecule has 1 aliphatic heterocycles. The van der Waals surface area contributed by atoms with Crippen molar-refractivity contribution in [3.8, 4) is 6.07 Å². The molecule has 0 bridgehead atoms. The average Bonchev–Trinajstić information content (AvgIpc) is 2.92. The quantitative estimate of drug-likeness (QED) is 0.753. The number of pyridine rings is 1. The largest absolute Gasteiger partial charge is 0.417 e. The Kier molecular flexibility index (Phi) is 7.59. The minimum Gasteiger partial charge on any atom is -0.337 e. The minimum atomic E-state index is -4.60. The topological polar surface area (TPSA) is 60.2 Å². The number of nitrogens with zero attached hydrogens (tertiary/aromatic N) is 4. The van der Waals surface area contributed by atoms with Crippen molar-refractivity contribution >= 4 is 18.3 Å². The molecule has 9 heteroatoms. The second-order valence-electron chi connectivity index (χ2n) is 6.65. The fourth-order valence-electron chi connectivity index (χ4n) is 3.31. The molecule has 0 spiro atoms. The van der Waals surface area contributed by atoms with E-state index in [0.717, 1.165) is 30.6 Å². The number of hydrogen-bond donors (Lipinski definition) is 0. The highest BCUT2D eigenvalue weighted by atomic mass is 35.5. The molecule has 1 saturated heterocycles. The fraction of sp³-hybridized carbons (Fsp3) is 0.350. The van der Waals surface area contributed by atoms with Crippen LogP contribution in [0.2, 0.25) is 0 Å². The predicted octanol–water partition coefficient (Wildman–Crippen LogP) is 3.74. The van der Waals surface area contributed by atoms with Crippen molar-refractivity contribution in [3.63, 3.8) is 0 Å². The Morgan fingerprint density at radius 2 is 1.97 bits per heavy atom. The van der Waals surface area contributed by atoms with Crippen molar-refractivity contribution in [1.82, 2.24) is 14.8 Å². The van der Waals surface area contributed by atoms with Gasteiger partial charge in [0.15, 0.2) is 0 Å². The van der Waals surface area contributed by atoms with Gasteiger partial charge in [0.05, 0.1) is 22.8 Å². The second-order valence-corrected chi connectivity index (χ2v) is 6.65. The van der Waals surface area contributed by atoms with Crippen molar-refractivity contribution in [2.24, 2.45) is 0 Å². The number of aromatic nitrogens is 1. The molecule has 1 fully saturated rings. The van der Waals surface area contributed by atoms with Gasteiger partial charge in [0.1, 0.15) is 0 Å². The van der Waals surface area contributed by atoms with Gasteiger partial charge in [-0.1, -0.05) is 12.1 Å². The molecule has 0 radical (unpaired) electrons. The lowest BCUT2D eigenvalue weighted by atomic mass is 10.1. The third kappa shape index (κ3) is 5.68. The van der Waals surface area contributed by atoms with E-state index in [1.165, 1.54) is 4.90 Å². The van der Waals surface area contributed by atoms with Crippen LogP contribution in [0.1, 0.15) is 33.5 Å². The van der Waals surface area contributed by atoms with Crippen LogP contribution in [0.5, 0.6) is 0 Å². The molecule has 29 heavy (non-hydrogen) atoms. The number of amides is 1. The first kappa shape index (κ1) is 22.7. The third-order valence-electron chi connectivity index (χ3n) is 4.69.